The predicted molar refractivity (Wildman–Crippen MR) is 110 cm³/mol. The Bertz CT molecular complexity index is 859. The van der Waals surface area contributed by atoms with E-state index in [4.69, 9.17) is 5.11 Å². The number of carbonyl (C=O) groups excluding carboxylic acids is 1. The number of anilines is 1. The molecular weight excluding hydrogens is 390 g/mol. The Morgan fingerprint density at radius 3 is 2.37 bits per heavy atom. The third kappa shape index (κ3) is 3.67. The summed E-state index contributed by atoms with van der Waals surface area (Å²) in [5.74, 6) is -0.281. The number of rotatable bonds is 3. The Hall–Kier alpha value is -2.88. The van der Waals surface area contributed by atoms with Crippen molar-refractivity contribution in [2.45, 2.75) is 25.3 Å². The van der Waals surface area contributed by atoms with Crippen molar-refractivity contribution in [1.82, 2.24) is 14.7 Å². The maximum atomic E-state index is 12.7. The number of piperidine rings is 1. The van der Waals surface area contributed by atoms with E-state index in [1.54, 1.807) is 18.0 Å². The highest BCUT2D eigenvalue weighted by molar-refractivity contribution is 6.02. The SMILES string of the molecule is CN1CCc2c(N3CCC(N4CCN(C(=O)O)CC4)CC3)ccc([N+](=O)[O-])c2C1=O. The normalized spacial score (nSPS) is 21.0. The summed E-state index contributed by atoms with van der Waals surface area (Å²) in [6.07, 6.45) is 1.66. The maximum absolute atomic E-state index is 12.7. The number of nitro groups is 1. The van der Waals surface area contributed by atoms with E-state index in [1.165, 1.54) is 11.0 Å². The van der Waals surface area contributed by atoms with Gasteiger partial charge in [0.2, 0.25) is 0 Å². The quantitative estimate of drug-likeness (QED) is 0.586. The average molecular weight is 417 g/mol. The van der Waals surface area contributed by atoms with Gasteiger partial charge in [-0.25, -0.2) is 4.79 Å². The zero-order valence-corrected chi connectivity index (χ0v) is 17.1. The minimum absolute atomic E-state index is 0.114. The monoisotopic (exact) mass is 417 g/mol. The summed E-state index contributed by atoms with van der Waals surface area (Å²) in [4.78, 5) is 42.4. The standard InChI is InChI=1S/C20H27N5O5/c1-21-7-6-15-16(2-3-17(25(29)30)18(15)19(21)26)23-8-4-14(5-9-23)22-10-12-24(13-11-22)20(27)28/h2-3,14H,4-13H2,1H3,(H,27,28). The lowest BCUT2D eigenvalue weighted by molar-refractivity contribution is -0.385. The second-order valence-electron chi connectivity index (χ2n) is 8.21. The molecule has 0 bridgehead atoms. The minimum atomic E-state index is -0.854. The largest absolute Gasteiger partial charge is 0.465 e. The summed E-state index contributed by atoms with van der Waals surface area (Å²) in [6.45, 7) is 4.79. The topological polar surface area (TPSA) is 110 Å². The number of carbonyl (C=O) groups is 2. The van der Waals surface area contributed by atoms with Gasteiger partial charge in [-0.2, -0.15) is 0 Å². The highest BCUT2D eigenvalue weighted by Gasteiger charge is 2.35. The maximum Gasteiger partial charge on any atom is 0.407 e. The Balaban J connectivity index is 1.47. The smallest absolute Gasteiger partial charge is 0.407 e. The molecule has 162 valence electrons. The van der Waals surface area contributed by atoms with Crippen LogP contribution in [0.25, 0.3) is 0 Å². The van der Waals surface area contributed by atoms with Gasteiger partial charge < -0.3 is 19.8 Å². The van der Waals surface area contributed by atoms with E-state index in [1.807, 2.05) is 0 Å². The molecule has 2 amide bonds. The van der Waals surface area contributed by atoms with Crippen LogP contribution in [0, 0.1) is 10.1 Å². The van der Waals surface area contributed by atoms with Crippen LogP contribution in [0.2, 0.25) is 0 Å². The van der Waals surface area contributed by atoms with Crippen LogP contribution >= 0.6 is 0 Å². The molecule has 30 heavy (non-hydrogen) atoms. The van der Waals surface area contributed by atoms with Gasteiger partial charge in [0, 0.05) is 70.7 Å². The van der Waals surface area contributed by atoms with Gasteiger partial charge in [-0.1, -0.05) is 0 Å². The van der Waals surface area contributed by atoms with E-state index in [9.17, 15) is 19.7 Å². The average Bonchev–Trinajstić information content (AvgIpc) is 2.75. The molecule has 0 radical (unpaired) electrons. The van der Waals surface area contributed by atoms with Crippen molar-refractivity contribution >= 4 is 23.4 Å². The fourth-order valence-electron chi connectivity index (χ4n) is 4.89. The van der Waals surface area contributed by atoms with Gasteiger partial charge in [-0.15, -0.1) is 0 Å². The molecule has 0 unspecified atom stereocenters. The zero-order chi connectivity index (χ0) is 21.4. The zero-order valence-electron chi connectivity index (χ0n) is 17.1. The van der Waals surface area contributed by atoms with Gasteiger partial charge in [-0.3, -0.25) is 19.8 Å². The second-order valence-corrected chi connectivity index (χ2v) is 8.21. The number of amides is 2. The van der Waals surface area contributed by atoms with Gasteiger partial charge in [-0.05, 0) is 30.9 Å². The number of fused-ring (bicyclic) bond motifs is 1. The number of hydrogen-bond acceptors (Lipinski definition) is 6. The summed E-state index contributed by atoms with van der Waals surface area (Å²) in [6, 6.07) is 3.67. The van der Waals surface area contributed by atoms with E-state index in [0.717, 1.165) is 50.3 Å². The number of benzene rings is 1. The van der Waals surface area contributed by atoms with Crippen molar-refractivity contribution in [3.05, 3.63) is 33.4 Å². The van der Waals surface area contributed by atoms with Crippen LogP contribution in [-0.2, 0) is 6.42 Å². The Kier molecular flexibility index (Phi) is 5.50. The van der Waals surface area contributed by atoms with E-state index in [-0.39, 0.29) is 17.2 Å². The third-order valence-electron chi connectivity index (χ3n) is 6.63. The van der Waals surface area contributed by atoms with Crippen molar-refractivity contribution in [2.75, 3.05) is 57.8 Å². The van der Waals surface area contributed by atoms with Gasteiger partial charge in [0.05, 0.1) is 4.92 Å². The number of piperazine rings is 1. The fourth-order valence-corrected chi connectivity index (χ4v) is 4.89. The Morgan fingerprint density at radius 1 is 1.10 bits per heavy atom. The molecule has 10 nitrogen and oxygen atoms in total. The number of nitro benzene ring substituents is 1. The highest BCUT2D eigenvalue weighted by atomic mass is 16.6. The summed E-state index contributed by atoms with van der Waals surface area (Å²) in [5, 5.41) is 20.6. The van der Waals surface area contributed by atoms with E-state index >= 15 is 0 Å². The second kappa shape index (κ2) is 8.10. The lowest BCUT2D eigenvalue weighted by atomic mass is 9.93. The van der Waals surface area contributed by atoms with Crippen LogP contribution in [0.15, 0.2) is 12.1 Å². The number of nitrogens with zero attached hydrogens (tertiary/aromatic N) is 5. The van der Waals surface area contributed by atoms with Crippen LogP contribution in [0.3, 0.4) is 0 Å². The summed E-state index contributed by atoms with van der Waals surface area (Å²) >= 11 is 0. The number of carboxylic acid groups (broad SMARTS) is 1. The van der Waals surface area contributed by atoms with Crippen LogP contribution in [0.1, 0.15) is 28.8 Å². The molecule has 3 heterocycles. The molecule has 0 spiro atoms. The van der Waals surface area contributed by atoms with Crippen LogP contribution in [0.5, 0.6) is 0 Å². The lowest BCUT2D eigenvalue weighted by Crippen LogP contribution is -2.54. The van der Waals surface area contributed by atoms with Crippen molar-refractivity contribution in [3.63, 3.8) is 0 Å². The van der Waals surface area contributed by atoms with Crippen LogP contribution in [0.4, 0.5) is 16.2 Å². The van der Waals surface area contributed by atoms with E-state index in [2.05, 4.69) is 9.80 Å². The first-order valence-electron chi connectivity index (χ1n) is 10.4. The van der Waals surface area contributed by atoms with E-state index < -0.39 is 11.0 Å². The molecular formula is C20H27N5O5. The number of hydrogen-bond donors (Lipinski definition) is 1. The van der Waals surface area contributed by atoms with Crippen molar-refractivity contribution in [3.8, 4) is 0 Å². The van der Waals surface area contributed by atoms with Gasteiger partial charge in [0.1, 0.15) is 5.56 Å². The molecule has 0 atom stereocenters. The molecule has 1 aromatic carbocycles. The first-order valence-corrected chi connectivity index (χ1v) is 10.4. The molecule has 0 aliphatic carbocycles. The van der Waals surface area contributed by atoms with Crippen molar-refractivity contribution in [1.29, 1.82) is 0 Å². The molecule has 3 aliphatic rings. The number of likely N-dealkylation sites (N-methyl/N-ethyl adjacent to an activating group) is 1. The van der Waals surface area contributed by atoms with E-state index in [0.29, 0.717) is 32.1 Å². The molecule has 4 rings (SSSR count). The predicted octanol–water partition coefficient (Wildman–Crippen LogP) is 1.49. The lowest BCUT2D eigenvalue weighted by Gasteiger charge is -2.43. The van der Waals surface area contributed by atoms with Gasteiger partial charge in [0.15, 0.2) is 0 Å². The van der Waals surface area contributed by atoms with Crippen molar-refractivity contribution < 1.29 is 19.6 Å². The summed E-state index contributed by atoms with van der Waals surface area (Å²) < 4.78 is 0. The molecule has 0 aromatic heterocycles. The highest BCUT2D eigenvalue weighted by Crippen LogP contribution is 2.36. The molecule has 1 aromatic rings. The van der Waals surface area contributed by atoms with Gasteiger partial charge in [0.25, 0.3) is 11.6 Å². The van der Waals surface area contributed by atoms with Crippen LogP contribution < -0.4 is 4.90 Å². The summed E-state index contributed by atoms with van der Waals surface area (Å²) in [5.41, 5.74) is 1.85. The molecule has 10 heteroatoms. The first kappa shape index (κ1) is 20.4. The Morgan fingerprint density at radius 2 is 1.77 bits per heavy atom. The van der Waals surface area contributed by atoms with Crippen LogP contribution in [-0.4, -0.2) is 95.6 Å². The Labute approximate surface area is 174 Å². The minimum Gasteiger partial charge on any atom is -0.465 e. The molecule has 3 aliphatic heterocycles. The summed E-state index contributed by atoms with van der Waals surface area (Å²) in [7, 11) is 1.68. The molecule has 1 N–H and O–H groups in total. The molecule has 2 fully saturated rings. The molecule has 0 saturated carbocycles. The first-order chi connectivity index (χ1) is 14.4. The van der Waals surface area contributed by atoms with Crippen molar-refractivity contribution in [2.24, 2.45) is 0 Å². The molecule has 2 saturated heterocycles. The fraction of sp³-hybridized carbons (Fsp3) is 0.600. The third-order valence-corrected chi connectivity index (χ3v) is 6.63. The van der Waals surface area contributed by atoms with Gasteiger partial charge >= 0.3 is 6.09 Å².